The molecular formula is C26H26N4O5. The number of aromatic nitrogens is 3. The van der Waals surface area contributed by atoms with Gasteiger partial charge in [-0.3, -0.25) is 0 Å². The summed E-state index contributed by atoms with van der Waals surface area (Å²) in [7, 11) is 3.05. The molecule has 1 atom stereocenters. The Morgan fingerprint density at radius 2 is 1.54 bits per heavy atom. The van der Waals surface area contributed by atoms with Gasteiger partial charge in [0, 0.05) is 17.8 Å². The van der Waals surface area contributed by atoms with Gasteiger partial charge in [0.1, 0.15) is 35.9 Å². The van der Waals surface area contributed by atoms with E-state index in [0.717, 1.165) is 11.3 Å². The third kappa shape index (κ3) is 6.15. The Bertz CT molecular complexity index is 1230. The second-order valence-corrected chi connectivity index (χ2v) is 7.53. The number of nitrogens with zero attached hydrogens (tertiary/aromatic N) is 3. The van der Waals surface area contributed by atoms with E-state index in [1.807, 2.05) is 42.5 Å². The molecule has 0 aliphatic rings. The van der Waals surface area contributed by atoms with Crippen molar-refractivity contribution < 1.29 is 24.1 Å². The zero-order chi connectivity index (χ0) is 24.6. The Kier molecular flexibility index (Phi) is 7.59. The van der Waals surface area contributed by atoms with Gasteiger partial charge in [-0.05, 0) is 36.8 Å². The fourth-order valence-corrected chi connectivity index (χ4v) is 3.39. The fourth-order valence-electron chi connectivity index (χ4n) is 3.39. The van der Waals surface area contributed by atoms with E-state index in [1.54, 1.807) is 31.2 Å². The van der Waals surface area contributed by atoms with Gasteiger partial charge in [-0.25, -0.2) is 4.98 Å². The first-order valence-electron chi connectivity index (χ1n) is 10.9. The fraction of sp³-hybridized carbons (Fsp3) is 0.192. The summed E-state index contributed by atoms with van der Waals surface area (Å²) < 4.78 is 22.4. The molecule has 0 bridgehead atoms. The predicted molar refractivity (Wildman–Crippen MR) is 131 cm³/mol. The Labute approximate surface area is 203 Å². The molecule has 4 aromatic rings. The largest absolute Gasteiger partial charge is 0.496 e. The molecule has 0 saturated carbocycles. The lowest BCUT2D eigenvalue weighted by molar-refractivity contribution is 0.189. The van der Waals surface area contributed by atoms with Crippen molar-refractivity contribution in [3.63, 3.8) is 0 Å². The smallest absolute Gasteiger partial charge is 0.326 e. The number of rotatable bonds is 10. The molecule has 0 fully saturated rings. The maximum absolute atomic E-state index is 10.1. The molecular weight excluding hydrogens is 448 g/mol. The van der Waals surface area contributed by atoms with Crippen molar-refractivity contribution >= 4 is 11.6 Å². The molecule has 3 aromatic carbocycles. The number of ether oxygens (including phenoxy) is 4. The van der Waals surface area contributed by atoms with Gasteiger partial charge in [-0.1, -0.05) is 30.3 Å². The first kappa shape index (κ1) is 23.8. The van der Waals surface area contributed by atoms with Crippen LogP contribution in [0.15, 0.2) is 73.1 Å². The van der Waals surface area contributed by atoms with Gasteiger partial charge in [-0.2, -0.15) is 9.97 Å². The molecule has 0 amide bonds. The number of benzene rings is 3. The summed E-state index contributed by atoms with van der Waals surface area (Å²) in [6, 6.07) is 20.7. The number of anilines is 2. The quantitative estimate of drug-likeness (QED) is 0.326. The molecule has 0 aliphatic heterocycles. The minimum atomic E-state index is -0.763. The lowest BCUT2D eigenvalue weighted by Gasteiger charge is -2.17. The topological polar surface area (TPSA) is 108 Å². The Hall–Kier alpha value is -4.37. The summed E-state index contributed by atoms with van der Waals surface area (Å²) in [5.41, 5.74) is 2.25. The summed E-state index contributed by atoms with van der Waals surface area (Å²) >= 11 is 0. The second-order valence-electron chi connectivity index (χ2n) is 7.53. The summed E-state index contributed by atoms with van der Waals surface area (Å²) in [6.07, 6.45) is 0.585. The van der Waals surface area contributed by atoms with Crippen molar-refractivity contribution in [2.75, 3.05) is 19.5 Å². The maximum Gasteiger partial charge on any atom is 0.326 e. The number of aliphatic hydroxyl groups is 1. The SMILES string of the molecule is COc1cc(Nc2ncnc(Oc3ccc(OCc4ccccc4)cc3)n2)cc(OC)c1C(C)O. The van der Waals surface area contributed by atoms with Crippen molar-refractivity contribution in [1.29, 1.82) is 0 Å². The zero-order valence-electron chi connectivity index (χ0n) is 19.6. The molecule has 4 rings (SSSR count). The van der Waals surface area contributed by atoms with Crippen LogP contribution in [0, 0.1) is 0 Å². The highest BCUT2D eigenvalue weighted by Gasteiger charge is 2.17. The van der Waals surface area contributed by atoms with E-state index >= 15 is 0 Å². The van der Waals surface area contributed by atoms with E-state index < -0.39 is 6.10 Å². The predicted octanol–water partition coefficient (Wildman–Crippen LogP) is 5.06. The molecule has 35 heavy (non-hydrogen) atoms. The standard InChI is InChI=1S/C26H26N4O5/c1-17(31)24-22(32-2)13-19(14-23(24)33-3)29-25-27-16-28-26(30-25)35-21-11-9-20(10-12-21)34-15-18-7-5-4-6-8-18/h4-14,16-17,31H,15H2,1-3H3,(H,27,28,29,30). The first-order valence-corrected chi connectivity index (χ1v) is 10.9. The van der Waals surface area contributed by atoms with Gasteiger partial charge in [-0.15, -0.1) is 0 Å². The summed E-state index contributed by atoms with van der Waals surface area (Å²) in [6.45, 7) is 2.13. The molecule has 1 aromatic heterocycles. The lowest BCUT2D eigenvalue weighted by atomic mass is 10.1. The van der Waals surface area contributed by atoms with Crippen LogP contribution in [0.5, 0.6) is 29.0 Å². The van der Waals surface area contributed by atoms with Crippen LogP contribution in [0.4, 0.5) is 11.6 Å². The van der Waals surface area contributed by atoms with Gasteiger partial charge < -0.3 is 29.4 Å². The van der Waals surface area contributed by atoms with Crippen LogP contribution in [0.1, 0.15) is 24.2 Å². The van der Waals surface area contributed by atoms with Crippen molar-refractivity contribution in [2.24, 2.45) is 0 Å². The van der Waals surface area contributed by atoms with Crippen LogP contribution in [-0.4, -0.2) is 34.3 Å². The van der Waals surface area contributed by atoms with Gasteiger partial charge >= 0.3 is 6.01 Å². The molecule has 9 nitrogen and oxygen atoms in total. The van der Waals surface area contributed by atoms with E-state index in [4.69, 9.17) is 18.9 Å². The Morgan fingerprint density at radius 1 is 0.886 bits per heavy atom. The van der Waals surface area contributed by atoms with Crippen LogP contribution in [0.25, 0.3) is 0 Å². The van der Waals surface area contributed by atoms with Gasteiger partial charge in [0.2, 0.25) is 5.95 Å². The third-order valence-corrected chi connectivity index (χ3v) is 5.05. The average Bonchev–Trinajstić information content (AvgIpc) is 2.88. The van der Waals surface area contributed by atoms with Crippen LogP contribution in [0.3, 0.4) is 0 Å². The molecule has 0 radical (unpaired) electrons. The number of hydrogen-bond acceptors (Lipinski definition) is 9. The van der Waals surface area contributed by atoms with E-state index in [2.05, 4.69) is 20.3 Å². The first-order chi connectivity index (χ1) is 17.1. The highest BCUT2D eigenvalue weighted by atomic mass is 16.5. The molecule has 0 aliphatic carbocycles. The summed E-state index contributed by atoms with van der Waals surface area (Å²) in [4.78, 5) is 12.5. The molecule has 1 unspecified atom stereocenters. The molecule has 9 heteroatoms. The monoisotopic (exact) mass is 474 g/mol. The molecule has 180 valence electrons. The lowest BCUT2D eigenvalue weighted by Crippen LogP contribution is -2.04. The van der Waals surface area contributed by atoms with Crippen LogP contribution >= 0.6 is 0 Å². The number of aliphatic hydroxyl groups excluding tert-OH is 1. The van der Waals surface area contributed by atoms with Crippen LogP contribution in [-0.2, 0) is 6.61 Å². The van der Waals surface area contributed by atoms with Crippen molar-refractivity contribution in [2.45, 2.75) is 19.6 Å². The van der Waals surface area contributed by atoms with E-state index in [9.17, 15) is 5.11 Å². The van der Waals surface area contributed by atoms with Gasteiger partial charge in [0.05, 0.1) is 25.9 Å². The van der Waals surface area contributed by atoms with E-state index in [0.29, 0.717) is 35.1 Å². The number of hydrogen-bond donors (Lipinski definition) is 2. The zero-order valence-corrected chi connectivity index (χ0v) is 19.6. The molecule has 0 spiro atoms. The third-order valence-electron chi connectivity index (χ3n) is 5.05. The summed E-state index contributed by atoms with van der Waals surface area (Å²) in [5, 5.41) is 13.1. The highest BCUT2D eigenvalue weighted by Crippen LogP contribution is 2.37. The van der Waals surface area contributed by atoms with Crippen LogP contribution in [0.2, 0.25) is 0 Å². The highest BCUT2D eigenvalue weighted by molar-refractivity contribution is 5.63. The van der Waals surface area contributed by atoms with Crippen molar-refractivity contribution in [1.82, 2.24) is 15.0 Å². The Morgan fingerprint density at radius 3 is 2.17 bits per heavy atom. The number of nitrogens with one attached hydrogen (secondary N) is 1. The van der Waals surface area contributed by atoms with Crippen molar-refractivity contribution in [3.05, 3.63) is 84.2 Å². The van der Waals surface area contributed by atoms with E-state index in [-0.39, 0.29) is 12.0 Å². The number of methoxy groups -OCH3 is 2. The minimum Gasteiger partial charge on any atom is -0.496 e. The van der Waals surface area contributed by atoms with Crippen LogP contribution < -0.4 is 24.3 Å². The second kappa shape index (κ2) is 11.2. The van der Waals surface area contributed by atoms with Gasteiger partial charge in [0.25, 0.3) is 0 Å². The normalized spacial score (nSPS) is 11.4. The van der Waals surface area contributed by atoms with Gasteiger partial charge in [0.15, 0.2) is 0 Å². The average molecular weight is 475 g/mol. The maximum atomic E-state index is 10.1. The molecule has 2 N–H and O–H groups in total. The summed E-state index contributed by atoms with van der Waals surface area (Å²) in [5.74, 6) is 2.50. The van der Waals surface area contributed by atoms with E-state index in [1.165, 1.54) is 20.5 Å². The molecule has 1 heterocycles. The Balaban J connectivity index is 1.43. The molecule has 0 saturated heterocycles. The van der Waals surface area contributed by atoms with Crippen molar-refractivity contribution in [3.8, 4) is 29.0 Å². The minimum absolute atomic E-state index is 0.125.